The van der Waals surface area contributed by atoms with E-state index in [1.807, 2.05) is 19.1 Å². The van der Waals surface area contributed by atoms with Crippen LogP contribution in [0.4, 0.5) is 0 Å². The second-order valence-electron chi connectivity index (χ2n) is 11.4. The number of rotatable bonds is 5. The summed E-state index contributed by atoms with van der Waals surface area (Å²) >= 11 is 1.33. The second-order valence-corrected chi connectivity index (χ2v) is 12.5. The van der Waals surface area contributed by atoms with Gasteiger partial charge in [-0.1, -0.05) is 70.7 Å². The van der Waals surface area contributed by atoms with E-state index >= 15 is 0 Å². The van der Waals surface area contributed by atoms with Crippen molar-refractivity contribution in [2.45, 2.75) is 114 Å². The Morgan fingerprint density at radius 2 is 1.61 bits per heavy atom. The molecule has 1 atom stereocenters. The minimum atomic E-state index is -0.536. The summed E-state index contributed by atoms with van der Waals surface area (Å²) < 4.78 is 6.44. The normalized spacial score (nSPS) is 25.5. The van der Waals surface area contributed by atoms with E-state index in [2.05, 4.69) is 20.8 Å². The molecule has 1 unspecified atom stereocenters. The van der Waals surface area contributed by atoms with Gasteiger partial charge in [0.25, 0.3) is 0 Å². The molecule has 4 nitrogen and oxygen atoms in total. The standard InChI is InChI=1S/C28H40O4S/c1-18-14-24(22(27(2,3)4)15-19(18)17-29)33-25-23(30)16-28(32-26(25)31,21-12-8-9-13-21)20-10-6-5-7-11-20/h14-15,20-21,29-30H,5-13,16-17H2,1-4H3. The summed E-state index contributed by atoms with van der Waals surface area (Å²) in [5.74, 6) is 0.556. The summed E-state index contributed by atoms with van der Waals surface area (Å²) in [6, 6.07) is 4.07. The van der Waals surface area contributed by atoms with Crippen LogP contribution in [0, 0.1) is 18.8 Å². The lowest BCUT2D eigenvalue weighted by Crippen LogP contribution is -2.51. The molecule has 0 saturated heterocycles. The molecule has 0 aromatic heterocycles. The van der Waals surface area contributed by atoms with Gasteiger partial charge >= 0.3 is 5.97 Å². The lowest BCUT2D eigenvalue weighted by Gasteiger charge is -2.48. The van der Waals surface area contributed by atoms with Gasteiger partial charge in [-0.15, -0.1) is 0 Å². The van der Waals surface area contributed by atoms with Crippen LogP contribution < -0.4 is 0 Å². The smallest absolute Gasteiger partial charge is 0.349 e. The molecular formula is C28H40O4S. The Bertz CT molecular complexity index is 917. The zero-order chi connectivity index (χ0) is 23.8. The molecule has 2 aliphatic carbocycles. The van der Waals surface area contributed by atoms with Gasteiger partial charge in [0.05, 0.1) is 6.61 Å². The summed E-state index contributed by atoms with van der Waals surface area (Å²) in [6.45, 7) is 8.35. The van der Waals surface area contributed by atoms with Crippen LogP contribution >= 0.6 is 11.8 Å². The van der Waals surface area contributed by atoms with E-state index < -0.39 is 5.60 Å². The fourth-order valence-electron chi connectivity index (χ4n) is 6.29. The molecule has 182 valence electrons. The number of aliphatic hydroxyl groups excluding tert-OH is 2. The lowest BCUT2D eigenvalue weighted by molar-refractivity contribution is -0.177. The van der Waals surface area contributed by atoms with Crippen molar-refractivity contribution in [3.8, 4) is 0 Å². The lowest BCUT2D eigenvalue weighted by atomic mass is 9.67. The number of hydrogen-bond donors (Lipinski definition) is 2. The number of carbonyl (C=O) groups excluding carboxylic acids is 1. The Kier molecular flexibility index (Phi) is 7.21. The molecule has 1 aliphatic heterocycles. The Hall–Kier alpha value is -1.46. The zero-order valence-corrected chi connectivity index (χ0v) is 21.5. The third kappa shape index (κ3) is 4.86. The Labute approximate surface area is 203 Å². The maximum absolute atomic E-state index is 13.5. The first-order valence-corrected chi connectivity index (χ1v) is 13.6. The van der Waals surface area contributed by atoms with Gasteiger partial charge in [-0.3, -0.25) is 0 Å². The molecule has 33 heavy (non-hydrogen) atoms. The number of ether oxygens (including phenoxy) is 1. The molecular weight excluding hydrogens is 432 g/mol. The quantitative estimate of drug-likeness (QED) is 0.447. The first kappa shape index (κ1) is 24.7. The first-order valence-electron chi connectivity index (χ1n) is 12.7. The van der Waals surface area contributed by atoms with Crippen molar-refractivity contribution < 1.29 is 19.7 Å². The number of esters is 1. The van der Waals surface area contributed by atoms with E-state index in [-0.39, 0.29) is 23.8 Å². The maximum atomic E-state index is 13.5. The van der Waals surface area contributed by atoms with Crippen molar-refractivity contribution >= 4 is 17.7 Å². The molecule has 5 heteroatoms. The highest BCUT2D eigenvalue weighted by Gasteiger charge is 2.53. The highest BCUT2D eigenvalue weighted by atomic mass is 32.2. The third-order valence-corrected chi connectivity index (χ3v) is 9.31. The van der Waals surface area contributed by atoms with Gasteiger partial charge in [0, 0.05) is 11.3 Å². The summed E-state index contributed by atoms with van der Waals surface area (Å²) in [4.78, 5) is 14.8. The number of hydrogen-bond acceptors (Lipinski definition) is 5. The predicted octanol–water partition coefficient (Wildman–Crippen LogP) is 7.10. The van der Waals surface area contributed by atoms with Gasteiger partial charge in [0.15, 0.2) is 0 Å². The molecule has 1 heterocycles. The van der Waals surface area contributed by atoms with Crippen molar-refractivity contribution in [3.63, 3.8) is 0 Å². The van der Waals surface area contributed by atoms with Gasteiger partial charge in [-0.25, -0.2) is 4.79 Å². The maximum Gasteiger partial charge on any atom is 0.349 e. The Morgan fingerprint density at radius 1 is 1.03 bits per heavy atom. The minimum absolute atomic E-state index is 0.0128. The Morgan fingerprint density at radius 3 is 2.12 bits per heavy atom. The van der Waals surface area contributed by atoms with Crippen LogP contribution in [0.2, 0.25) is 0 Å². The number of aryl methyl sites for hydroxylation is 1. The third-order valence-electron chi connectivity index (χ3n) is 8.14. The van der Waals surface area contributed by atoms with E-state index in [4.69, 9.17) is 4.74 Å². The highest BCUT2D eigenvalue weighted by molar-refractivity contribution is 8.04. The molecule has 0 radical (unpaired) electrons. The molecule has 0 spiro atoms. The van der Waals surface area contributed by atoms with E-state index in [1.54, 1.807) is 0 Å². The summed E-state index contributed by atoms with van der Waals surface area (Å²) in [7, 11) is 0. The van der Waals surface area contributed by atoms with Crippen LogP contribution in [0.1, 0.15) is 102 Å². The fourth-order valence-corrected chi connectivity index (χ4v) is 7.53. The van der Waals surface area contributed by atoms with Crippen LogP contribution in [0.5, 0.6) is 0 Å². The molecule has 3 aliphatic rings. The topological polar surface area (TPSA) is 66.8 Å². The number of aliphatic hydroxyl groups is 2. The van der Waals surface area contributed by atoms with E-state index in [0.717, 1.165) is 47.3 Å². The molecule has 2 fully saturated rings. The number of thioether (sulfide) groups is 1. The van der Waals surface area contributed by atoms with Crippen molar-refractivity contribution in [3.05, 3.63) is 39.5 Å². The average molecular weight is 473 g/mol. The van der Waals surface area contributed by atoms with Crippen molar-refractivity contribution in [1.82, 2.24) is 0 Å². The summed E-state index contributed by atoms with van der Waals surface area (Å²) in [5.41, 5.74) is 2.25. The van der Waals surface area contributed by atoms with Gasteiger partial charge in [0.2, 0.25) is 0 Å². The minimum Gasteiger partial charge on any atom is -0.511 e. The van der Waals surface area contributed by atoms with Crippen LogP contribution in [0.3, 0.4) is 0 Å². The first-order chi connectivity index (χ1) is 15.7. The van der Waals surface area contributed by atoms with Crippen molar-refractivity contribution in [2.75, 3.05) is 0 Å². The van der Waals surface area contributed by atoms with Crippen LogP contribution in [-0.4, -0.2) is 21.8 Å². The van der Waals surface area contributed by atoms with Crippen LogP contribution in [0.25, 0.3) is 0 Å². The molecule has 1 aromatic carbocycles. The largest absolute Gasteiger partial charge is 0.511 e. The molecule has 4 rings (SSSR count). The van der Waals surface area contributed by atoms with Crippen LogP contribution in [-0.2, 0) is 21.6 Å². The average Bonchev–Trinajstić information content (AvgIpc) is 3.31. The van der Waals surface area contributed by atoms with E-state index in [0.29, 0.717) is 23.2 Å². The summed E-state index contributed by atoms with van der Waals surface area (Å²) in [5, 5.41) is 21.1. The monoisotopic (exact) mass is 472 g/mol. The number of benzene rings is 1. The molecule has 2 N–H and O–H groups in total. The fraction of sp³-hybridized carbons (Fsp3) is 0.679. The van der Waals surface area contributed by atoms with Gasteiger partial charge in [-0.2, -0.15) is 0 Å². The SMILES string of the molecule is Cc1cc(SC2=C(O)CC(C3CCCCC3)(C3CCCC3)OC2=O)c(C(C)(C)C)cc1CO. The molecule has 2 saturated carbocycles. The van der Waals surface area contributed by atoms with Gasteiger partial charge in [-0.05, 0) is 72.6 Å². The molecule has 1 aromatic rings. The highest BCUT2D eigenvalue weighted by Crippen LogP contribution is 2.53. The Balaban J connectivity index is 1.70. The van der Waals surface area contributed by atoms with Crippen LogP contribution in [0.15, 0.2) is 27.7 Å². The zero-order valence-electron chi connectivity index (χ0n) is 20.7. The molecule has 0 amide bonds. The van der Waals surface area contributed by atoms with E-state index in [9.17, 15) is 15.0 Å². The summed E-state index contributed by atoms with van der Waals surface area (Å²) in [6.07, 6.45) is 10.8. The van der Waals surface area contributed by atoms with Gasteiger partial charge < -0.3 is 14.9 Å². The van der Waals surface area contributed by atoms with E-state index in [1.165, 1.54) is 43.9 Å². The number of cyclic esters (lactones) is 1. The van der Waals surface area contributed by atoms with Crippen molar-refractivity contribution in [1.29, 1.82) is 0 Å². The number of carbonyl (C=O) groups is 1. The molecule has 0 bridgehead atoms. The van der Waals surface area contributed by atoms with Gasteiger partial charge in [0.1, 0.15) is 16.3 Å². The van der Waals surface area contributed by atoms with Crippen molar-refractivity contribution in [2.24, 2.45) is 11.8 Å². The second kappa shape index (κ2) is 9.65. The predicted molar refractivity (Wildman–Crippen MR) is 133 cm³/mol.